The van der Waals surface area contributed by atoms with Crippen LogP contribution in [0.25, 0.3) is 0 Å². The van der Waals surface area contributed by atoms with Crippen LogP contribution in [0.5, 0.6) is 0 Å². The van der Waals surface area contributed by atoms with Gasteiger partial charge in [-0.3, -0.25) is 19.7 Å². The van der Waals surface area contributed by atoms with Gasteiger partial charge in [0.05, 0.1) is 13.0 Å². The summed E-state index contributed by atoms with van der Waals surface area (Å²) in [5.74, 6) is -0.390. The van der Waals surface area contributed by atoms with Crippen molar-refractivity contribution >= 4 is 17.8 Å². The molecule has 19 heavy (non-hydrogen) atoms. The van der Waals surface area contributed by atoms with E-state index in [2.05, 4.69) is 12.2 Å². The number of esters is 1. The Kier molecular flexibility index (Phi) is 4.35. The van der Waals surface area contributed by atoms with Crippen molar-refractivity contribution in [2.45, 2.75) is 39.0 Å². The molecule has 2 aliphatic rings. The van der Waals surface area contributed by atoms with Crippen molar-refractivity contribution in [1.82, 2.24) is 5.32 Å². The maximum atomic E-state index is 11.6. The maximum Gasteiger partial charge on any atom is 0.310 e. The first kappa shape index (κ1) is 13.8. The van der Waals surface area contributed by atoms with Gasteiger partial charge in [-0.1, -0.05) is 26.2 Å². The fourth-order valence-corrected chi connectivity index (χ4v) is 2.63. The molecule has 5 heteroatoms. The topological polar surface area (TPSA) is 72.5 Å². The first-order valence-electron chi connectivity index (χ1n) is 6.78. The Balaban J connectivity index is 1.77. The molecule has 0 spiro atoms. The minimum atomic E-state index is -0.493. The molecule has 1 aliphatic heterocycles. The molecule has 2 atom stereocenters. The zero-order chi connectivity index (χ0) is 13.8. The summed E-state index contributed by atoms with van der Waals surface area (Å²) in [7, 11) is 0. The molecule has 2 rings (SSSR count). The first-order valence-corrected chi connectivity index (χ1v) is 6.78. The molecule has 1 aliphatic carbocycles. The average molecular weight is 265 g/mol. The molecule has 0 aromatic rings. The Labute approximate surface area is 112 Å². The van der Waals surface area contributed by atoms with Crippen molar-refractivity contribution in [2.24, 2.45) is 11.8 Å². The van der Waals surface area contributed by atoms with E-state index in [0.29, 0.717) is 18.4 Å². The lowest BCUT2D eigenvalue weighted by atomic mass is 9.81. The highest BCUT2D eigenvalue weighted by Crippen LogP contribution is 2.29. The van der Waals surface area contributed by atoms with Crippen LogP contribution in [-0.2, 0) is 19.1 Å². The van der Waals surface area contributed by atoms with Crippen LogP contribution in [0.15, 0.2) is 11.6 Å². The number of hydrogen-bond acceptors (Lipinski definition) is 4. The number of imide groups is 1. The number of amides is 2. The Bertz CT molecular complexity index is 427. The predicted octanol–water partition coefficient (Wildman–Crippen LogP) is 1.33. The largest absolute Gasteiger partial charge is 0.465 e. The van der Waals surface area contributed by atoms with Crippen LogP contribution in [0.3, 0.4) is 0 Å². The molecular weight excluding hydrogens is 246 g/mol. The van der Waals surface area contributed by atoms with Gasteiger partial charge in [0.15, 0.2) is 0 Å². The van der Waals surface area contributed by atoms with Crippen molar-refractivity contribution in [1.29, 1.82) is 0 Å². The summed E-state index contributed by atoms with van der Waals surface area (Å²) in [4.78, 5) is 33.8. The number of ether oxygens (including phenoxy) is 1. The van der Waals surface area contributed by atoms with E-state index < -0.39 is 17.8 Å². The normalized spacial score (nSPS) is 26.9. The first-order chi connectivity index (χ1) is 9.06. The second-order valence-corrected chi connectivity index (χ2v) is 5.37. The number of nitrogens with one attached hydrogen (secondary N) is 1. The molecule has 0 aromatic heterocycles. The van der Waals surface area contributed by atoms with Crippen LogP contribution >= 0.6 is 0 Å². The highest BCUT2D eigenvalue weighted by atomic mass is 16.5. The monoisotopic (exact) mass is 265 g/mol. The zero-order valence-electron chi connectivity index (χ0n) is 11.1. The van der Waals surface area contributed by atoms with E-state index in [1.54, 1.807) is 0 Å². The van der Waals surface area contributed by atoms with Crippen LogP contribution in [0.1, 0.15) is 39.0 Å². The third-order valence-corrected chi connectivity index (χ3v) is 3.92. The molecule has 0 saturated heterocycles. The Hall–Kier alpha value is -1.65. The van der Waals surface area contributed by atoms with Crippen molar-refractivity contribution in [2.75, 3.05) is 6.61 Å². The van der Waals surface area contributed by atoms with E-state index in [1.165, 1.54) is 19.3 Å². The van der Waals surface area contributed by atoms with Crippen molar-refractivity contribution < 1.29 is 19.1 Å². The van der Waals surface area contributed by atoms with Crippen LogP contribution in [0, 0.1) is 11.8 Å². The van der Waals surface area contributed by atoms with Gasteiger partial charge in [0.25, 0.3) is 11.8 Å². The second kappa shape index (κ2) is 5.99. The van der Waals surface area contributed by atoms with Crippen LogP contribution < -0.4 is 5.32 Å². The summed E-state index contributed by atoms with van der Waals surface area (Å²) in [6.45, 7) is 2.60. The van der Waals surface area contributed by atoms with E-state index in [-0.39, 0.29) is 12.0 Å². The molecule has 5 nitrogen and oxygen atoms in total. The van der Waals surface area contributed by atoms with Gasteiger partial charge in [-0.05, 0) is 18.3 Å². The summed E-state index contributed by atoms with van der Waals surface area (Å²) >= 11 is 0. The number of carbonyl (C=O) groups is 3. The number of rotatable bonds is 4. The lowest BCUT2D eigenvalue weighted by molar-refractivity contribution is -0.145. The van der Waals surface area contributed by atoms with Gasteiger partial charge < -0.3 is 4.74 Å². The average Bonchev–Trinajstić information content (AvgIpc) is 2.67. The SMILES string of the molecule is CC1CCCC[C@@H]1COC(=O)CC1=CC(=O)NC1=O. The fourth-order valence-electron chi connectivity index (χ4n) is 2.63. The summed E-state index contributed by atoms with van der Waals surface area (Å²) in [6.07, 6.45) is 5.75. The Morgan fingerprint density at radius 2 is 2.11 bits per heavy atom. The fraction of sp³-hybridized carbons (Fsp3) is 0.643. The van der Waals surface area contributed by atoms with Gasteiger partial charge in [0.2, 0.25) is 0 Å². The zero-order valence-corrected chi connectivity index (χ0v) is 11.1. The molecule has 0 bridgehead atoms. The molecule has 0 radical (unpaired) electrons. The quantitative estimate of drug-likeness (QED) is 0.615. The number of hydrogen-bond donors (Lipinski definition) is 1. The lowest BCUT2D eigenvalue weighted by Crippen LogP contribution is -2.25. The van der Waals surface area contributed by atoms with Gasteiger partial charge in [-0.25, -0.2) is 0 Å². The minimum absolute atomic E-state index is 0.126. The van der Waals surface area contributed by atoms with E-state index in [4.69, 9.17) is 4.74 Å². The van der Waals surface area contributed by atoms with Gasteiger partial charge in [0.1, 0.15) is 0 Å². The minimum Gasteiger partial charge on any atom is -0.465 e. The summed E-state index contributed by atoms with van der Waals surface area (Å²) in [5, 5.41) is 2.11. The van der Waals surface area contributed by atoms with Crippen LogP contribution in [-0.4, -0.2) is 24.4 Å². The molecule has 1 N–H and O–H groups in total. The van der Waals surface area contributed by atoms with Crippen molar-refractivity contribution in [3.8, 4) is 0 Å². The molecule has 2 amide bonds. The molecule has 1 unspecified atom stereocenters. The van der Waals surface area contributed by atoms with Crippen LogP contribution in [0.2, 0.25) is 0 Å². The van der Waals surface area contributed by atoms with E-state index in [1.807, 2.05) is 0 Å². The summed E-state index contributed by atoms with van der Waals surface area (Å²) in [6, 6.07) is 0. The summed E-state index contributed by atoms with van der Waals surface area (Å²) in [5.41, 5.74) is 0.187. The molecule has 104 valence electrons. The molecule has 1 heterocycles. The molecular formula is C14H19NO4. The van der Waals surface area contributed by atoms with E-state index in [0.717, 1.165) is 12.5 Å². The van der Waals surface area contributed by atoms with E-state index in [9.17, 15) is 14.4 Å². The second-order valence-electron chi connectivity index (χ2n) is 5.37. The maximum absolute atomic E-state index is 11.6. The van der Waals surface area contributed by atoms with Crippen molar-refractivity contribution in [3.05, 3.63) is 11.6 Å². The molecule has 0 aromatic carbocycles. The Morgan fingerprint density at radius 3 is 2.74 bits per heavy atom. The van der Waals surface area contributed by atoms with Gasteiger partial charge in [-0.15, -0.1) is 0 Å². The van der Waals surface area contributed by atoms with Crippen LogP contribution in [0.4, 0.5) is 0 Å². The van der Waals surface area contributed by atoms with Gasteiger partial charge >= 0.3 is 5.97 Å². The highest BCUT2D eigenvalue weighted by molar-refractivity contribution is 6.17. The third-order valence-electron chi connectivity index (χ3n) is 3.92. The van der Waals surface area contributed by atoms with E-state index >= 15 is 0 Å². The molecule has 1 saturated carbocycles. The van der Waals surface area contributed by atoms with Gasteiger partial charge in [0, 0.05) is 11.6 Å². The van der Waals surface area contributed by atoms with Crippen molar-refractivity contribution in [3.63, 3.8) is 0 Å². The predicted molar refractivity (Wildman–Crippen MR) is 67.9 cm³/mol. The summed E-state index contributed by atoms with van der Waals surface area (Å²) < 4.78 is 5.23. The highest BCUT2D eigenvalue weighted by Gasteiger charge is 2.25. The molecule has 1 fully saturated rings. The smallest absolute Gasteiger partial charge is 0.310 e. The number of carbonyl (C=O) groups excluding carboxylic acids is 3. The Morgan fingerprint density at radius 1 is 1.37 bits per heavy atom. The standard InChI is InChI=1S/C14H19NO4/c1-9-4-2-3-5-10(9)8-19-13(17)7-11-6-12(16)15-14(11)18/h6,9-10H,2-5,7-8H2,1H3,(H,15,16,18)/t9?,10-/m1/s1. The van der Waals surface area contributed by atoms with Gasteiger partial charge in [-0.2, -0.15) is 0 Å². The third kappa shape index (κ3) is 3.66. The lowest BCUT2D eigenvalue weighted by Gasteiger charge is -2.28.